The molecule has 6 heteroatoms. The van der Waals surface area contributed by atoms with E-state index in [0.29, 0.717) is 6.42 Å². The molecule has 23 heavy (non-hydrogen) atoms. The molecule has 2 aromatic heterocycles. The smallest absolute Gasteiger partial charge is 0.240 e. The summed E-state index contributed by atoms with van der Waals surface area (Å²) in [5, 5.41) is 8.14. The molecule has 3 heterocycles. The second-order valence-electron chi connectivity index (χ2n) is 5.41. The van der Waals surface area contributed by atoms with Gasteiger partial charge in [0.15, 0.2) is 0 Å². The van der Waals surface area contributed by atoms with Crippen LogP contribution in [0.5, 0.6) is 0 Å². The van der Waals surface area contributed by atoms with Crippen molar-refractivity contribution in [2.75, 3.05) is 0 Å². The van der Waals surface area contributed by atoms with Crippen molar-refractivity contribution < 1.29 is 4.79 Å². The SMILES string of the molecule is CC(=O)N1N=C(c2cccs2)C[C@H]1c1ccc2nccnc2c1. The van der Waals surface area contributed by atoms with Gasteiger partial charge in [-0.3, -0.25) is 14.8 Å². The first-order valence-corrected chi connectivity index (χ1v) is 8.22. The summed E-state index contributed by atoms with van der Waals surface area (Å²) in [6.45, 7) is 1.55. The predicted octanol–water partition coefficient (Wildman–Crippen LogP) is 3.39. The standard InChI is InChI=1S/C17H14N4OS/c1-11(22)21-16(10-15(20-21)17-3-2-8-23-17)12-4-5-13-14(9-12)19-7-6-18-13/h2-9,16H,10H2,1H3/t16-/m0/s1. The van der Waals surface area contributed by atoms with E-state index in [2.05, 4.69) is 15.1 Å². The van der Waals surface area contributed by atoms with Gasteiger partial charge in [0.2, 0.25) is 5.91 Å². The molecule has 0 N–H and O–H groups in total. The minimum absolute atomic E-state index is 0.0548. The van der Waals surface area contributed by atoms with Crippen molar-refractivity contribution in [2.24, 2.45) is 5.10 Å². The molecule has 0 spiro atoms. The van der Waals surface area contributed by atoms with Crippen LogP contribution >= 0.6 is 11.3 Å². The third-order valence-electron chi connectivity index (χ3n) is 3.92. The van der Waals surface area contributed by atoms with E-state index in [4.69, 9.17) is 0 Å². The van der Waals surface area contributed by atoms with Gasteiger partial charge >= 0.3 is 0 Å². The Hall–Kier alpha value is -2.60. The Morgan fingerprint density at radius 2 is 2.04 bits per heavy atom. The van der Waals surface area contributed by atoms with Crippen LogP contribution < -0.4 is 0 Å². The number of nitrogens with zero attached hydrogens (tertiary/aromatic N) is 4. The summed E-state index contributed by atoms with van der Waals surface area (Å²) < 4.78 is 0. The van der Waals surface area contributed by atoms with Crippen LogP contribution in [0.1, 0.15) is 29.8 Å². The van der Waals surface area contributed by atoms with Gasteiger partial charge in [0.1, 0.15) is 0 Å². The quantitative estimate of drug-likeness (QED) is 0.726. The molecule has 0 unspecified atom stereocenters. The number of fused-ring (bicyclic) bond motifs is 1. The minimum Gasteiger partial charge on any atom is -0.273 e. The largest absolute Gasteiger partial charge is 0.273 e. The number of hydrazone groups is 1. The molecule has 0 fully saturated rings. The molecule has 4 rings (SSSR count). The molecule has 3 aromatic rings. The number of thiophene rings is 1. The Morgan fingerprint density at radius 3 is 2.78 bits per heavy atom. The van der Waals surface area contributed by atoms with E-state index in [1.54, 1.807) is 35.7 Å². The van der Waals surface area contributed by atoms with Gasteiger partial charge in [-0.1, -0.05) is 12.1 Å². The van der Waals surface area contributed by atoms with Gasteiger partial charge < -0.3 is 0 Å². The van der Waals surface area contributed by atoms with Gasteiger partial charge in [0.05, 0.1) is 27.7 Å². The van der Waals surface area contributed by atoms with Gasteiger partial charge in [0.25, 0.3) is 0 Å². The third kappa shape index (κ3) is 2.51. The number of aromatic nitrogens is 2. The summed E-state index contributed by atoms with van der Waals surface area (Å²) in [6, 6.07) is 9.89. The summed E-state index contributed by atoms with van der Waals surface area (Å²) in [5.41, 5.74) is 3.67. The molecule has 0 radical (unpaired) electrons. The van der Waals surface area contributed by atoms with Crippen LogP contribution in [0.2, 0.25) is 0 Å². The van der Waals surface area contributed by atoms with Crippen LogP contribution in [-0.4, -0.2) is 26.6 Å². The van der Waals surface area contributed by atoms with Crippen LogP contribution in [0, 0.1) is 0 Å². The fourth-order valence-corrected chi connectivity index (χ4v) is 3.56. The van der Waals surface area contributed by atoms with E-state index < -0.39 is 0 Å². The lowest BCUT2D eigenvalue weighted by Gasteiger charge is -2.20. The average Bonchev–Trinajstić information content (AvgIpc) is 3.23. The van der Waals surface area contributed by atoms with Gasteiger partial charge in [0, 0.05) is 25.7 Å². The lowest BCUT2D eigenvalue weighted by atomic mass is 10.0. The predicted molar refractivity (Wildman–Crippen MR) is 90.3 cm³/mol. The van der Waals surface area contributed by atoms with Crippen LogP contribution in [0.15, 0.2) is 53.2 Å². The van der Waals surface area contributed by atoms with Crippen LogP contribution in [0.3, 0.4) is 0 Å². The molecule has 114 valence electrons. The Labute approximate surface area is 137 Å². The molecule has 1 atom stereocenters. The second-order valence-corrected chi connectivity index (χ2v) is 6.36. The van der Waals surface area contributed by atoms with Crippen LogP contribution in [0.25, 0.3) is 11.0 Å². The maximum atomic E-state index is 12.0. The molecule has 0 saturated heterocycles. The van der Waals surface area contributed by atoms with Crippen molar-refractivity contribution >= 4 is 34.0 Å². The highest BCUT2D eigenvalue weighted by molar-refractivity contribution is 7.12. The topological polar surface area (TPSA) is 58.5 Å². The second kappa shape index (κ2) is 5.55. The summed E-state index contributed by atoms with van der Waals surface area (Å²) in [7, 11) is 0. The lowest BCUT2D eigenvalue weighted by Crippen LogP contribution is -2.24. The number of carbonyl (C=O) groups is 1. The number of rotatable bonds is 2. The molecule has 1 aliphatic rings. The zero-order valence-corrected chi connectivity index (χ0v) is 13.3. The highest BCUT2D eigenvalue weighted by Gasteiger charge is 2.31. The van der Waals surface area contributed by atoms with Crippen molar-refractivity contribution in [3.05, 3.63) is 58.5 Å². The van der Waals surface area contributed by atoms with Crippen molar-refractivity contribution in [3.63, 3.8) is 0 Å². The number of hydrogen-bond donors (Lipinski definition) is 0. The summed E-state index contributed by atoms with van der Waals surface area (Å²) in [6.07, 6.45) is 4.07. The molecular weight excluding hydrogens is 308 g/mol. The maximum absolute atomic E-state index is 12.0. The van der Waals surface area contributed by atoms with E-state index in [1.165, 1.54) is 0 Å². The van der Waals surface area contributed by atoms with Gasteiger partial charge in [-0.2, -0.15) is 5.10 Å². The van der Waals surface area contributed by atoms with Gasteiger partial charge in [-0.05, 0) is 29.1 Å². The molecule has 5 nitrogen and oxygen atoms in total. The fraction of sp³-hybridized carbons (Fsp3) is 0.176. The van der Waals surface area contributed by atoms with Crippen molar-refractivity contribution in [1.29, 1.82) is 0 Å². The fourth-order valence-electron chi connectivity index (χ4n) is 2.84. The maximum Gasteiger partial charge on any atom is 0.240 e. The normalized spacial score (nSPS) is 17.5. The van der Waals surface area contributed by atoms with Crippen LogP contribution in [-0.2, 0) is 4.79 Å². The van der Waals surface area contributed by atoms with E-state index in [0.717, 1.165) is 27.2 Å². The van der Waals surface area contributed by atoms with E-state index in [-0.39, 0.29) is 11.9 Å². The molecule has 0 saturated carbocycles. The monoisotopic (exact) mass is 322 g/mol. The lowest BCUT2D eigenvalue weighted by molar-refractivity contribution is -0.130. The zero-order chi connectivity index (χ0) is 15.8. The average molecular weight is 322 g/mol. The highest BCUT2D eigenvalue weighted by Crippen LogP contribution is 2.34. The summed E-state index contributed by atoms with van der Waals surface area (Å²) in [5.74, 6) is -0.0548. The molecular formula is C17H14N4OS. The Morgan fingerprint density at radius 1 is 1.22 bits per heavy atom. The first-order chi connectivity index (χ1) is 11.2. The molecule has 1 amide bonds. The van der Waals surface area contributed by atoms with Crippen molar-refractivity contribution in [2.45, 2.75) is 19.4 Å². The molecule has 0 bridgehead atoms. The zero-order valence-electron chi connectivity index (χ0n) is 12.5. The highest BCUT2D eigenvalue weighted by atomic mass is 32.1. The summed E-state index contributed by atoms with van der Waals surface area (Å²) in [4.78, 5) is 21.8. The number of benzene rings is 1. The van der Waals surface area contributed by atoms with E-state index >= 15 is 0 Å². The Balaban J connectivity index is 1.73. The molecule has 1 aliphatic heterocycles. The summed E-state index contributed by atoms with van der Waals surface area (Å²) >= 11 is 1.64. The van der Waals surface area contributed by atoms with Gasteiger partial charge in [-0.25, -0.2) is 5.01 Å². The third-order valence-corrected chi connectivity index (χ3v) is 4.84. The van der Waals surface area contributed by atoms with Gasteiger partial charge in [-0.15, -0.1) is 11.3 Å². The first-order valence-electron chi connectivity index (χ1n) is 7.34. The van der Waals surface area contributed by atoms with E-state index in [9.17, 15) is 4.79 Å². The number of carbonyl (C=O) groups excluding carboxylic acids is 1. The number of hydrogen-bond acceptors (Lipinski definition) is 5. The minimum atomic E-state index is -0.0870. The Bertz CT molecular complexity index is 904. The molecule has 0 aliphatic carbocycles. The van der Waals surface area contributed by atoms with Crippen LogP contribution in [0.4, 0.5) is 0 Å². The first kappa shape index (κ1) is 14.0. The Kier molecular flexibility index (Phi) is 3.38. The van der Waals surface area contributed by atoms with E-state index in [1.807, 2.05) is 35.7 Å². The van der Waals surface area contributed by atoms with Crippen molar-refractivity contribution in [1.82, 2.24) is 15.0 Å². The number of amides is 1. The van der Waals surface area contributed by atoms with Crippen molar-refractivity contribution in [3.8, 4) is 0 Å². The molecule has 1 aromatic carbocycles.